The molecular formula is C15H20O4. The van der Waals surface area contributed by atoms with Gasteiger partial charge in [0.15, 0.2) is 0 Å². The van der Waals surface area contributed by atoms with E-state index in [-0.39, 0.29) is 6.42 Å². The zero-order valence-electron chi connectivity index (χ0n) is 11.6. The number of rotatable bonds is 5. The number of benzene rings is 1. The molecule has 1 aliphatic rings. The number of carboxylic acid groups (broad SMARTS) is 1. The SMILES string of the molecule is COc1ccc(C(C)C)cc1C1(CC(=O)O)CCO1. The molecule has 19 heavy (non-hydrogen) atoms. The number of carbonyl (C=O) groups is 1. The summed E-state index contributed by atoms with van der Waals surface area (Å²) in [6, 6.07) is 5.93. The molecule has 104 valence electrons. The molecule has 0 saturated carbocycles. The van der Waals surface area contributed by atoms with Crippen LogP contribution in [0.5, 0.6) is 5.75 Å². The number of methoxy groups -OCH3 is 1. The van der Waals surface area contributed by atoms with E-state index in [9.17, 15) is 4.79 Å². The third-order valence-corrected chi connectivity index (χ3v) is 3.70. The Bertz CT molecular complexity index is 475. The number of aliphatic carboxylic acids is 1. The van der Waals surface area contributed by atoms with Gasteiger partial charge in [0, 0.05) is 12.0 Å². The molecule has 1 aliphatic heterocycles. The summed E-state index contributed by atoms with van der Waals surface area (Å²) in [5, 5.41) is 9.10. The number of hydrogen-bond donors (Lipinski definition) is 1. The van der Waals surface area contributed by atoms with Crippen molar-refractivity contribution in [3.63, 3.8) is 0 Å². The molecule has 0 aliphatic carbocycles. The van der Waals surface area contributed by atoms with Crippen LogP contribution in [0, 0.1) is 0 Å². The summed E-state index contributed by atoms with van der Waals surface area (Å²) < 4.78 is 11.0. The van der Waals surface area contributed by atoms with Gasteiger partial charge >= 0.3 is 5.97 Å². The highest BCUT2D eigenvalue weighted by Gasteiger charge is 2.44. The van der Waals surface area contributed by atoms with Crippen LogP contribution < -0.4 is 4.74 Å². The largest absolute Gasteiger partial charge is 0.496 e. The maximum absolute atomic E-state index is 11.1. The summed E-state index contributed by atoms with van der Waals surface area (Å²) in [6.45, 7) is 4.82. The highest BCUT2D eigenvalue weighted by atomic mass is 16.5. The van der Waals surface area contributed by atoms with Crippen molar-refractivity contribution in [1.29, 1.82) is 0 Å². The van der Waals surface area contributed by atoms with Gasteiger partial charge in [0.05, 0.1) is 20.1 Å². The minimum atomic E-state index is -0.850. The second-order valence-electron chi connectivity index (χ2n) is 5.28. The lowest BCUT2D eigenvalue weighted by Crippen LogP contribution is -2.43. The Morgan fingerprint density at radius 2 is 2.21 bits per heavy atom. The molecule has 1 saturated heterocycles. The lowest BCUT2D eigenvalue weighted by atomic mass is 9.81. The van der Waals surface area contributed by atoms with Gasteiger partial charge in [-0.05, 0) is 23.6 Å². The van der Waals surface area contributed by atoms with Crippen molar-refractivity contribution in [2.45, 2.75) is 38.2 Å². The summed E-state index contributed by atoms with van der Waals surface area (Å²) in [4.78, 5) is 11.1. The molecule has 1 N–H and O–H groups in total. The van der Waals surface area contributed by atoms with Crippen molar-refractivity contribution in [3.8, 4) is 5.75 Å². The van der Waals surface area contributed by atoms with Crippen LogP contribution in [0.2, 0.25) is 0 Å². The van der Waals surface area contributed by atoms with Crippen molar-refractivity contribution in [3.05, 3.63) is 29.3 Å². The molecule has 1 aromatic rings. The number of ether oxygens (including phenoxy) is 2. The van der Waals surface area contributed by atoms with Crippen LogP contribution in [0.4, 0.5) is 0 Å². The summed E-state index contributed by atoms with van der Waals surface area (Å²) in [6.07, 6.45) is 0.697. The number of carboxylic acids is 1. The van der Waals surface area contributed by atoms with Crippen molar-refractivity contribution < 1.29 is 19.4 Å². The second kappa shape index (κ2) is 5.21. The van der Waals surface area contributed by atoms with E-state index < -0.39 is 11.6 Å². The van der Waals surface area contributed by atoms with Crippen LogP contribution in [0.15, 0.2) is 18.2 Å². The van der Waals surface area contributed by atoms with E-state index in [0.29, 0.717) is 18.3 Å². The maximum atomic E-state index is 11.1. The predicted molar refractivity (Wildman–Crippen MR) is 71.6 cm³/mol. The smallest absolute Gasteiger partial charge is 0.306 e. The van der Waals surface area contributed by atoms with Crippen LogP contribution in [-0.4, -0.2) is 24.8 Å². The van der Waals surface area contributed by atoms with Gasteiger partial charge in [-0.15, -0.1) is 0 Å². The van der Waals surface area contributed by atoms with E-state index in [2.05, 4.69) is 13.8 Å². The standard InChI is InChI=1S/C15H20O4/c1-10(2)11-4-5-13(18-3)12(8-11)15(6-7-19-15)9-14(16)17/h4-5,8,10H,6-7,9H2,1-3H3,(H,16,17). The minimum absolute atomic E-state index is 0.0229. The molecule has 0 radical (unpaired) electrons. The Kier molecular flexibility index (Phi) is 3.80. The Labute approximate surface area is 113 Å². The van der Waals surface area contributed by atoms with Crippen molar-refractivity contribution >= 4 is 5.97 Å². The Balaban J connectivity index is 2.45. The van der Waals surface area contributed by atoms with Crippen molar-refractivity contribution in [2.24, 2.45) is 0 Å². The molecule has 2 rings (SSSR count). The fourth-order valence-electron chi connectivity index (χ4n) is 2.48. The third-order valence-electron chi connectivity index (χ3n) is 3.70. The first-order valence-electron chi connectivity index (χ1n) is 6.52. The van der Waals surface area contributed by atoms with Gasteiger partial charge in [0.25, 0.3) is 0 Å². The Morgan fingerprint density at radius 1 is 1.53 bits per heavy atom. The lowest BCUT2D eigenvalue weighted by molar-refractivity contribution is -0.176. The van der Waals surface area contributed by atoms with Crippen LogP contribution in [0.1, 0.15) is 43.7 Å². The molecule has 4 nitrogen and oxygen atoms in total. The average molecular weight is 264 g/mol. The monoisotopic (exact) mass is 264 g/mol. The summed E-state index contributed by atoms with van der Waals surface area (Å²) in [5.74, 6) is 0.230. The Morgan fingerprint density at radius 3 is 2.63 bits per heavy atom. The molecule has 1 heterocycles. The number of hydrogen-bond acceptors (Lipinski definition) is 3. The lowest BCUT2D eigenvalue weighted by Gasteiger charge is -2.42. The van der Waals surface area contributed by atoms with E-state index in [1.807, 2.05) is 18.2 Å². The van der Waals surface area contributed by atoms with E-state index in [1.165, 1.54) is 0 Å². The maximum Gasteiger partial charge on any atom is 0.306 e. The van der Waals surface area contributed by atoms with Gasteiger partial charge in [-0.3, -0.25) is 4.79 Å². The van der Waals surface area contributed by atoms with Crippen LogP contribution in [0.25, 0.3) is 0 Å². The summed E-state index contributed by atoms with van der Waals surface area (Å²) >= 11 is 0. The summed E-state index contributed by atoms with van der Waals surface area (Å²) in [7, 11) is 1.60. The van der Waals surface area contributed by atoms with Crippen LogP contribution >= 0.6 is 0 Å². The molecular weight excluding hydrogens is 244 g/mol. The van der Waals surface area contributed by atoms with Gasteiger partial charge in [-0.1, -0.05) is 19.9 Å². The zero-order valence-corrected chi connectivity index (χ0v) is 11.6. The first-order chi connectivity index (χ1) is 8.98. The van der Waals surface area contributed by atoms with E-state index in [0.717, 1.165) is 17.5 Å². The van der Waals surface area contributed by atoms with E-state index in [1.54, 1.807) is 7.11 Å². The molecule has 1 atom stereocenters. The molecule has 0 bridgehead atoms. The first-order valence-corrected chi connectivity index (χ1v) is 6.52. The summed E-state index contributed by atoms with van der Waals surface area (Å²) in [5.41, 5.74) is 1.30. The fraction of sp³-hybridized carbons (Fsp3) is 0.533. The van der Waals surface area contributed by atoms with Gasteiger partial charge in [0.2, 0.25) is 0 Å². The predicted octanol–water partition coefficient (Wildman–Crippen LogP) is 2.91. The molecule has 1 fully saturated rings. The topological polar surface area (TPSA) is 55.8 Å². The van der Waals surface area contributed by atoms with Crippen molar-refractivity contribution in [2.75, 3.05) is 13.7 Å². The quantitative estimate of drug-likeness (QED) is 0.888. The molecule has 1 aromatic carbocycles. The molecule has 4 heteroatoms. The molecule has 0 aromatic heterocycles. The van der Waals surface area contributed by atoms with Gasteiger partial charge in [-0.25, -0.2) is 0 Å². The molecule has 0 amide bonds. The first kappa shape index (κ1) is 13.9. The van der Waals surface area contributed by atoms with E-state index in [4.69, 9.17) is 14.6 Å². The highest BCUT2D eigenvalue weighted by Crippen LogP contribution is 2.45. The third kappa shape index (κ3) is 2.59. The average Bonchev–Trinajstić information content (AvgIpc) is 2.32. The van der Waals surface area contributed by atoms with Gasteiger partial charge in [0.1, 0.15) is 11.4 Å². The second-order valence-corrected chi connectivity index (χ2v) is 5.28. The van der Waals surface area contributed by atoms with Crippen molar-refractivity contribution in [1.82, 2.24) is 0 Å². The van der Waals surface area contributed by atoms with E-state index >= 15 is 0 Å². The Hall–Kier alpha value is -1.55. The minimum Gasteiger partial charge on any atom is -0.496 e. The fourth-order valence-corrected chi connectivity index (χ4v) is 2.48. The highest BCUT2D eigenvalue weighted by molar-refractivity contribution is 5.69. The van der Waals surface area contributed by atoms with Gasteiger partial charge in [-0.2, -0.15) is 0 Å². The normalized spacial score (nSPS) is 22.1. The van der Waals surface area contributed by atoms with Crippen LogP contribution in [-0.2, 0) is 15.1 Å². The zero-order chi connectivity index (χ0) is 14.0. The molecule has 0 spiro atoms. The molecule has 1 unspecified atom stereocenters. The van der Waals surface area contributed by atoms with Gasteiger partial charge < -0.3 is 14.6 Å². The van der Waals surface area contributed by atoms with Crippen LogP contribution in [0.3, 0.4) is 0 Å².